The van der Waals surface area contributed by atoms with Gasteiger partial charge in [-0.3, -0.25) is 9.69 Å². The SMILES string of the molecule is CCC1C(=O)NCCN1CC(O)c1ccccc1Cl. The zero-order chi connectivity index (χ0) is 13.8. The van der Waals surface area contributed by atoms with Gasteiger partial charge in [0.05, 0.1) is 12.1 Å². The van der Waals surface area contributed by atoms with Crippen LogP contribution in [0.1, 0.15) is 25.0 Å². The van der Waals surface area contributed by atoms with E-state index in [0.29, 0.717) is 23.7 Å². The van der Waals surface area contributed by atoms with Gasteiger partial charge in [-0.2, -0.15) is 0 Å². The zero-order valence-corrected chi connectivity index (χ0v) is 11.7. The van der Waals surface area contributed by atoms with E-state index in [0.717, 1.165) is 13.0 Å². The molecule has 2 rings (SSSR count). The molecule has 1 aromatic carbocycles. The van der Waals surface area contributed by atoms with Gasteiger partial charge in [0, 0.05) is 30.2 Å². The van der Waals surface area contributed by atoms with Crippen LogP contribution in [0.5, 0.6) is 0 Å². The fraction of sp³-hybridized carbons (Fsp3) is 0.500. The lowest BCUT2D eigenvalue weighted by molar-refractivity contribution is -0.129. The summed E-state index contributed by atoms with van der Waals surface area (Å²) in [7, 11) is 0. The fourth-order valence-corrected chi connectivity index (χ4v) is 2.75. The van der Waals surface area contributed by atoms with E-state index in [1.165, 1.54) is 0 Å². The minimum absolute atomic E-state index is 0.0418. The molecule has 5 heteroatoms. The highest BCUT2D eigenvalue weighted by Crippen LogP contribution is 2.24. The summed E-state index contributed by atoms with van der Waals surface area (Å²) in [4.78, 5) is 13.8. The van der Waals surface area contributed by atoms with Crippen molar-refractivity contribution >= 4 is 17.5 Å². The van der Waals surface area contributed by atoms with E-state index >= 15 is 0 Å². The van der Waals surface area contributed by atoms with Crippen LogP contribution in [0, 0.1) is 0 Å². The van der Waals surface area contributed by atoms with Crippen LogP contribution in [-0.4, -0.2) is 41.6 Å². The van der Waals surface area contributed by atoms with Gasteiger partial charge >= 0.3 is 0 Å². The van der Waals surface area contributed by atoms with E-state index < -0.39 is 6.10 Å². The van der Waals surface area contributed by atoms with Crippen molar-refractivity contribution in [3.63, 3.8) is 0 Å². The average molecular weight is 283 g/mol. The molecule has 19 heavy (non-hydrogen) atoms. The number of hydrogen-bond donors (Lipinski definition) is 2. The van der Waals surface area contributed by atoms with Gasteiger partial charge in [-0.1, -0.05) is 36.7 Å². The lowest BCUT2D eigenvalue weighted by Crippen LogP contribution is -2.55. The second-order valence-corrected chi connectivity index (χ2v) is 5.15. The maximum absolute atomic E-state index is 11.8. The average Bonchev–Trinajstić information content (AvgIpc) is 2.39. The van der Waals surface area contributed by atoms with E-state index in [-0.39, 0.29) is 11.9 Å². The number of nitrogens with zero attached hydrogens (tertiary/aromatic N) is 1. The third kappa shape index (κ3) is 3.26. The second-order valence-electron chi connectivity index (χ2n) is 4.75. The number of hydrogen-bond acceptors (Lipinski definition) is 3. The Bertz CT molecular complexity index is 453. The van der Waals surface area contributed by atoms with Gasteiger partial charge < -0.3 is 10.4 Å². The van der Waals surface area contributed by atoms with Gasteiger partial charge in [0.2, 0.25) is 5.91 Å². The highest BCUT2D eigenvalue weighted by atomic mass is 35.5. The van der Waals surface area contributed by atoms with E-state index in [2.05, 4.69) is 5.32 Å². The number of carbonyl (C=O) groups is 1. The van der Waals surface area contributed by atoms with Crippen molar-refractivity contribution in [1.29, 1.82) is 0 Å². The highest BCUT2D eigenvalue weighted by Gasteiger charge is 2.29. The first kappa shape index (κ1) is 14.3. The minimum Gasteiger partial charge on any atom is -0.387 e. The number of aliphatic hydroxyl groups is 1. The summed E-state index contributed by atoms with van der Waals surface area (Å²) in [6.45, 7) is 3.79. The van der Waals surface area contributed by atoms with Crippen LogP contribution in [-0.2, 0) is 4.79 Å². The molecular weight excluding hydrogens is 264 g/mol. The van der Waals surface area contributed by atoms with Crippen LogP contribution in [0.25, 0.3) is 0 Å². The Hall–Kier alpha value is -1.10. The molecule has 1 fully saturated rings. The van der Waals surface area contributed by atoms with E-state index in [4.69, 9.17) is 11.6 Å². The van der Waals surface area contributed by atoms with Crippen molar-refractivity contribution in [2.24, 2.45) is 0 Å². The first-order valence-corrected chi connectivity index (χ1v) is 6.95. The van der Waals surface area contributed by atoms with Gasteiger partial charge in [0.25, 0.3) is 0 Å². The normalized spacial score (nSPS) is 22.1. The van der Waals surface area contributed by atoms with E-state index in [9.17, 15) is 9.90 Å². The molecule has 1 amide bonds. The molecule has 1 aliphatic rings. The molecule has 1 aliphatic heterocycles. The zero-order valence-electron chi connectivity index (χ0n) is 11.0. The standard InChI is InChI=1S/C14H19ClN2O2/c1-2-12-14(19)16-7-8-17(12)9-13(18)10-5-3-4-6-11(10)15/h3-6,12-13,18H,2,7-9H2,1H3,(H,16,19). The first-order valence-electron chi connectivity index (χ1n) is 6.57. The smallest absolute Gasteiger partial charge is 0.237 e. The number of benzene rings is 1. The summed E-state index contributed by atoms with van der Waals surface area (Å²) in [5.74, 6) is 0.0418. The Labute approximate surface area is 118 Å². The maximum atomic E-state index is 11.8. The van der Waals surface area contributed by atoms with Gasteiger partial charge in [-0.15, -0.1) is 0 Å². The summed E-state index contributed by atoms with van der Waals surface area (Å²) >= 11 is 6.08. The number of halogens is 1. The molecular formula is C14H19ClN2O2. The van der Waals surface area contributed by atoms with Gasteiger partial charge in [-0.25, -0.2) is 0 Å². The molecule has 1 saturated heterocycles. The molecule has 0 spiro atoms. The molecule has 0 saturated carbocycles. The molecule has 0 aromatic heterocycles. The van der Waals surface area contributed by atoms with Crippen molar-refractivity contribution in [2.45, 2.75) is 25.5 Å². The molecule has 2 atom stereocenters. The van der Waals surface area contributed by atoms with Gasteiger partial charge in [0.1, 0.15) is 0 Å². The number of rotatable bonds is 4. The monoisotopic (exact) mass is 282 g/mol. The topological polar surface area (TPSA) is 52.6 Å². The molecule has 104 valence electrons. The number of carbonyl (C=O) groups excluding carboxylic acids is 1. The summed E-state index contributed by atoms with van der Waals surface area (Å²) in [6, 6.07) is 7.11. The van der Waals surface area contributed by atoms with Crippen molar-refractivity contribution in [2.75, 3.05) is 19.6 Å². The fourth-order valence-electron chi connectivity index (χ4n) is 2.49. The Balaban J connectivity index is 2.07. The van der Waals surface area contributed by atoms with Crippen molar-refractivity contribution in [3.8, 4) is 0 Å². The Morgan fingerprint density at radius 1 is 1.53 bits per heavy atom. The molecule has 1 heterocycles. The number of nitrogens with one attached hydrogen (secondary N) is 1. The highest BCUT2D eigenvalue weighted by molar-refractivity contribution is 6.31. The Morgan fingerprint density at radius 3 is 2.95 bits per heavy atom. The summed E-state index contributed by atoms with van der Waals surface area (Å²) in [5.41, 5.74) is 0.713. The summed E-state index contributed by atoms with van der Waals surface area (Å²) < 4.78 is 0. The summed E-state index contributed by atoms with van der Waals surface area (Å²) in [5, 5.41) is 13.7. The van der Waals surface area contributed by atoms with Crippen molar-refractivity contribution < 1.29 is 9.90 Å². The lowest BCUT2D eigenvalue weighted by atomic mass is 10.1. The van der Waals surface area contributed by atoms with Crippen molar-refractivity contribution in [3.05, 3.63) is 34.9 Å². The first-order chi connectivity index (χ1) is 9.13. The molecule has 0 radical (unpaired) electrons. The summed E-state index contributed by atoms with van der Waals surface area (Å²) in [6.07, 6.45) is 0.0646. The lowest BCUT2D eigenvalue weighted by Gasteiger charge is -2.35. The number of aliphatic hydroxyl groups excluding tert-OH is 1. The predicted octanol–water partition coefficient (Wildman–Crippen LogP) is 1.58. The Morgan fingerprint density at radius 2 is 2.26 bits per heavy atom. The number of β-amino-alcohol motifs (C(OH)–C–C–N with tert-alkyl or cyclic N) is 1. The van der Waals surface area contributed by atoms with Crippen LogP contribution in [0.2, 0.25) is 5.02 Å². The minimum atomic E-state index is -0.673. The van der Waals surface area contributed by atoms with Crippen LogP contribution >= 0.6 is 11.6 Å². The third-order valence-electron chi connectivity index (χ3n) is 3.50. The van der Waals surface area contributed by atoms with E-state index in [1.807, 2.05) is 30.0 Å². The van der Waals surface area contributed by atoms with Crippen LogP contribution < -0.4 is 5.32 Å². The van der Waals surface area contributed by atoms with Crippen molar-refractivity contribution in [1.82, 2.24) is 10.2 Å². The molecule has 0 aliphatic carbocycles. The molecule has 2 unspecified atom stereocenters. The van der Waals surface area contributed by atoms with Crippen LogP contribution in [0.3, 0.4) is 0 Å². The number of amides is 1. The maximum Gasteiger partial charge on any atom is 0.237 e. The Kier molecular flexibility index (Phi) is 4.80. The van der Waals surface area contributed by atoms with Crippen LogP contribution in [0.15, 0.2) is 24.3 Å². The van der Waals surface area contributed by atoms with Gasteiger partial charge in [-0.05, 0) is 12.5 Å². The predicted molar refractivity (Wildman–Crippen MR) is 75.1 cm³/mol. The van der Waals surface area contributed by atoms with Crippen LogP contribution in [0.4, 0.5) is 0 Å². The largest absolute Gasteiger partial charge is 0.387 e. The van der Waals surface area contributed by atoms with E-state index in [1.54, 1.807) is 6.07 Å². The third-order valence-corrected chi connectivity index (χ3v) is 3.84. The molecule has 1 aromatic rings. The molecule has 0 bridgehead atoms. The number of piperazine rings is 1. The quantitative estimate of drug-likeness (QED) is 0.882. The molecule has 2 N–H and O–H groups in total. The molecule has 4 nitrogen and oxygen atoms in total. The van der Waals surface area contributed by atoms with Gasteiger partial charge in [0.15, 0.2) is 0 Å². The second kappa shape index (κ2) is 6.37.